The van der Waals surface area contributed by atoms with E-state index in [-0.39, 0.29) is 5.91 Å². The van der Waals surface area contributed by atoms with E-state index in [4.69, 9.17) is 9.47 Å². The average molecular weight is 421 g/mol. The van der Waals surface area contributed by atoms with E-state index >= 15 is 0 Å². The number of amides is 1. The largest absolute Gasteiger partial charge is 0.454 e. The highest BCUT2D eigenvalue weighted by atomic mass is 16.7. The summed E-state index contributed by atoms with van der Waals surface area (Å²) < 4.78 is 11.0. The number of para-hydroxylation sites is 1. The van der Waals surface area contributed by atoms with E-state index in [0.29, 0.717) is 25.0 Å². The van der Waals surface area contributed by atoms with Gasteiger partial charge in [-0.1, -0.05) is 31.2 Å². The van der Waals surface area contributed by atoms with Crippen molar-refractivity contribution in [1.82, 2.24) is 4.90 Å². The van der Waals surface area contributed by atoms with E-state index in [1.807, 2.05) is 11.8 Å². The van der Waals surface area contributed by atoms with Gasteiger partial charge in [0.2, 0.25) is 12.7 Å². The Labute approximate surface area is 184 Å². The summed E-state index contributed by atoms with van der Waals surface area (Å²) in [5.41, 5.74) is 3.86. The number of fused-ring (bicyclic) bond motifs is 2. The molecular weight excluding hydrogens is 388 g/mol. The molecule has 0 N–H and O–H groups in total. The SMILES string of the molecule is CCC(=O)N1CCC(CCN2CCC(c3ccc4c(c3)OCO4)CC2)c2ccccc21. The van der Waals surface area contributed by atoms with Crippen LogP contribution in [0.15, 0.2) is 42.5 Å². The van der Waals surface area contributed by atoms with Crippen molar-refractivity contribution in [3.05, 3.63) is 53.6 Å². The molecule has 2 aromatic carbocycles. The molecule has 1 atom stereocenters. The summed E-state index contributed by atoms with van der Waals surface area (Å²) in [4.78, 5) is 17.0. The molecule has 0 radical (unpaired) electrons. The molecule has 1 unspecified atom stereocenters. The van der Waals surface area contributed by atoms with Gasteiger partial charge in [-0.3, -0.25) is 4.79 Å². The van der Waals surface area contributed by atoms with Gasteiger partial charge in [0, 0.05) is 18.7 Å². The number of hydrogen-bond donors (Lipinski definition) is 0. The Bertz CT molecular complexity index is 936. The number of anilines is 1. The number of carbonyl (C=O) groups excluding carboxylic acids is 1. The van der Waals surface area contributed by atoms with E-state index in [0.717, 1.165) is 49.8 Å². The Morgan fingerprint density at radius 2 is 1.81 bits per heavy atom. The molecule has 0 aromatic heterocycles. The quantitative estimate of drug-likeness (QED) is 0.689. The van der Waals surface area contributed by atoms with Crippen molar-refractivity contribution < 1.29 is 14.3 Å². The lowest BCUT2D eigenvalue weighted by Gasteiger charge is -2.36. The molecule has 1 fully saturated rings. The van der Waals surface area contributed by atoms with Gasteiger partial charge in [-0.05, 0) is 86.5 Å². The maximum Gasteiger partial charge on any atom is 0.231 e. The van der Waals surface area contributed by atoms with Crippen LogP contribution in [0, 0.1) is 0 Å². The third-order valence-electron chi connectivity index (χ3n) is 7.22. The van der Waals surface area contributed by atoms with E-state index in [1.54, 1.807) is 0 Å². The second-order valence-corrected chi connectivity index (χ2v) is 8.96. The lowest BCUT2D eigenvalue weighted by molar-refractivity contribution is -0.118. The number of benzene rings is 2. The molecule has 5 nitrogen and oxygen atoms in total. The normalized spacial score (nSPS) is 21.2. The standard InChI is InChI=1S/C26H32N2O3/c1-2-26(29)28-16-12-20(22-5-3-4-6-23(22)28)11-15-27-13-9-19(10-14-27)21-7-8-24-25(17-21)31-18-30-24/h3-8,17,19-20H,2,9-16,18H2,1H3. The Morgan fingerprint density at radius 3 is 2.65 bits per heavy atom. The van der Waals surface area contributed by atoms with Crippen molar-refractivity contribution in [2.75, 3.05) is 37.9 Å². The zero-order valence-corrected chi connectivity index (χ0v) is 18.4. The van der Waals surface area contributed by atoms with Gasteiger partial charge in [-0.15, -0.1) is 0 Å². The summed E-state index contributed by atoms with van der Waals surface area (Å²) >= 11 is 0. The molecule has 31 heavy (non-hydrogen) atoms. The number of rotatable bonds is 5. The molecule has 0 spiro atoms. The van der Waals surface area contributed by atoms with Crippen LogP contribution in [0.25, 0.3) is 0 Å². The summed E-state index contributed by atoms with van der Waals surface area (Å²) in [6.07, 6.45) is 5.19. The Morgan fingerprint density at radius 1 is 1.00 bits per heavy atom. The summed E-state index contributed by atoms with van der Waals surface area (Å²) in [5, 5.41) is 0. The van der Waals surface area contributed by atoms with Crippen LogP contribution in [0.3, 0.4) is 0 Å². The van der Waals surface area contributed by atoms with Crippen molar-refractivity contribution in [2.45, 2.75) is 50.9 Å². The van der Waals surface area contributed by atoms with E-state index in [1.165, 1.54) is 30.4 Å². The van der Waals surface area contributed by atoms with Gasteiger partial charge in [0.25, 0.3) is 0 Å². The summed E-state index contributed by atoms with van der Waals surface area (Å²) in [6.45, 7) is 6.56. The monoisotopic (exact) mass is 420 g/mol. The fourth-order valence-corrected chi connectivity index (χ4v) is 5.38. The summed E-state index contributed by atoms with van der Waals surface area (Å²) in [7, 11) is 0. The van der Waals surface area contributed by atoms with Crippen molar-refractivity contribution in [3.63, 3.8) is 0 Å². The molecule has 164 valence electrons. The number of hydrogen-bond acceptors (Lipinski definition) is 4. The number of nitrogens with zero attached hydrogens (tertiary/aromatic N) is 2. The van der Waals surface area contributed by atoms with Gasteiger partial charge in [-0.25, -0.2) is 0 Å². The molecule has 1 amide bonds. The van der Waals surface area contributed by atoms with Crippen LogP contribution in [0.1, 0.15) is 62.0 Å². The first-order valence-electron chi connectivity index (χ1n) is 11.7. The molecule has 1 saturated heterocycles. The fraction of sp³-hybridized carbons (Fsp3) is 0.500. The number of ether oxygens (including phenoxy) is 2. The molecule has 3 heterocycles. The van der Waals surface area contributed by atoms with Crippen molar-refractivity contribution in [1.29, 1.82) is 0 Å². The van der Waals surface area contributed by atoms with Crippen LogP contribution < -0.4 is 14.4 Å². The van der Waals surface area contributed by atoms with Gasteiger partial charge >= 0.3 is 0 Å². The second-order valence-electron chi connectivity index (χ2n) is 8.96. The molecule has 3 aliphatic heterocycles. The highest BCUT2D eigenvalue weighted by Crippen LogP contribution is 2.39. The molecule has 5 rings (SSSR count). The fourth-order valence-electron chi connectivity index (χ4n) is 5.38. The zero-order valence-electron chi connectivity index (χ0n) is 18.4. The molecule has 0 saturated carbocycles. The van der Waals surface area contributed by atoms with Crippen LogP contribution in [0.5, 0.6) is 11.5 Å². The maximum atomic E-state index is 12.4. The highest BCUT2D eigenvalue weighted by Gasteiger charge is 2.29. The average Bonchev–Trinajstić information content (AvgIpc) is 3.30. The van der Waals surface area contributed by atoms with Crippen molar-refractivity contribution >= 4 is 11.6 Å². The Hall–Kier alpha value is -2.53. The summed E-state index contributed by atoms with van der Waals surface area (Å²) in [6, 6.07) is 14.9. The smallest absolute Gasteiger partial charge is 0.231 e. The molecular formula is C26H32N2O3. The van der Waals surface area contributed by atoms with Crippen LogP contribution in [-0.2, 0) is 4.79 Å². The predicted octanol–water partition coefficient (Wildman–Crippen LogP) is 4.92. The number of piperidine rings is 1. The molecule has 3 aliphatic rings. The van der Waals surface area contributed by atoms with Crippen molar-refractivity contribution in [3.8, 4) is 11.5 Å². The maximum absolute atomic E-state index is 12.4. The first-order chi connectivity index (χ1) is 15.2. The van der Waals surface area contributed by atoms with Crippen LogP contribution >= 0.6 is 0 Å². The molecule has 0 bridgehead atoms. The number of carbonyl (C=O) groups is 1. The van der Waals surface area contributed by atoms with E-state index < -0.39 is 0 Å². The number of likely N-dealkylation sites (tertiary alicyclic amines) is 1. The van der Waals surface area contributed by atoms with Crippen LogP contribution in [-0.4, -0.2) is 43.8 Å². The minimum atomic E-state index is 0.233. The van der Waals surface area contributed by atoms with Gasteiger partial charge < -0.3 is 19.3 Å². The van der Waals surface area contributed by atoms with E-state index in [9.17, 15) is 4.79 Å². The third kappa shape index (κ3) is 4.16. The zero-order chi connectivity index (χ0) is 21.2. The Balaban J connectivity index is 1.17. The highest BCUT2D eigenvalue weighted by molar-refractivity contribution is 5.94. The van der Waals surface area contributed by atoms with Crippen LogP contribution in [0.4, 0.5) is 5.69 Å². The second kappa shape index (κ2) is 8.91. The minimum Gasteiger partial charge on any atom is -0.454 e. The topological polar surface area (TPSA) is 42.0 Å². The lowest BCUT2D eigenvalue weighted by Crippen LogP contribution is -2.38. The van der Waals surface area contributed by atoms with Gasteiger partial charge in [0.1, 0.15) is 0 Å². The van der Waals surface area contributed by atoms with Gasteiger partial charge in [-0.2, -0.15) is 0 Å². The summed E-state index contributed by atoms with van der Waals surface area (Å²) in [5.74, 6) is 3.15. The first kappa shape index (κ1) is 20.4. The predicted molar refractivity (Wildman–Crippen MR) is 122 cm³/mol. The molecule has 2 aromatic rings. The van der Waals surface area contributed by atoms with Gasteiger partial charge in [0.05, 0.1) is 0 Å². The first-order valence-corrected chi connectivity index (χ1v) is 11.7. The lowest BCUT2D eigenvalue weighted by atomic mass is 9.86. The van der Waals surface area contributed by atoms with E-state index in [2.05, 4.69) is 47.4 Å². The molecule has 5 heteroatoms. The molecule has 0 aliphatic carbocycles. The van der Waals surface area contributed by atoms with Crippen molar-refractivity contribution in [2.24, 2.45) is 0 Å². The Kier molecular flexibility index (Phi) is 5.86. The van der Waals surface area contributed by atoms with Gasteiger partial charge in [0.15, 0.2) is 11.5 Å². The minimum absolute atomic E-state index is 0.233. The van der Waals surface area contributed by atoms with Crippen LogP contribution in [0.2, 0.25) is 0 Å². The third-order valence-corrected chi connectivity index (χ3v) is 7.22.